The summed E-state index contributed by atoms with van der Waals surface area (Å²) in [6.45, 7) is 2.39. The van der Waals surface area contributed by atoms with Crippen molar-refractivity contribution in [2.24, 2.45) is 0 Å². The molecule has 0 saturated heterocycles. The van der Waals surface area contributed by atoms with Gasteiger partial charge in [-0.25, -0.2) is 0 Å². The van der Waals surface area contributed by atoms with Crippen molar-refractivity contribution in [1.29, 1.82) is 0 Å². The van der Waals surface area contributed by atoms with Crippen LogP contribution in [0.3, 0.4) is 0 Å². The van der Waals surface area contributed by atoms with Crippen LogP contribution < -0.4 is 4.74 Å². The van der Waals surface area contributed by atoms with E-state index in [0.29, 0.717) is 0 Å². The number of pyridine rings is 1. The molecule has 0 bridgehead atoms. The molecule has 1 aliphatic rings. The Balaban J connectivity index is 2.19. The molecule has 0 fully saturated rings. The number of hydrogen-bond donors (Lipinski definition) is 0. The molecular weight excluding hydrogens is 194 g/mol. The van der Waals surface area contributed by atoms with E-state index in [2.05, 4.69) is 4.98 Å². The first-order valence-electron chi connectivity index (χ1n) is 5.00. The average Bonchev–Trinajstić information content (AvgIpc) is 2.26. The minimum Gasteiger partial charge on any atom is -0.493 e. The van der Waals surface area contributed by atoms with Gasteiger partial charge >= 0.3 is 5.97 Å². The molecule has 0 spiro atoms. The number of rotatable bonds is 2. The third-order valence-electron chi connectivity index (χ3n) is 2.34. The monoisotopic (exact) mass is 207 g/mol. The van der Waals surface area contributed by atoms with Crippen molar-refractivity contribution in [2.45, 2.75) is 26.4 Å². The highest BCUT2D eigenvalue weighted by molar-refractivity contribution is 5.65. The summed E-state index contributed by atoms with van der Waals surface area (Å²) in [6.07, 6.45) is 3.62. The first-order valence-corrected chi connectivity index (χ1v) is 5.00. The molecule has 80 valence electrons. The fraction of sp³-hybridized carbons (Fsp3) is 0.455. The maximum atomic E-state index is 10.7. The van der Waals surface area contributed by atoms with Gasteiger partial charge in [0.25, 0.3) is 0 Å². The highest BCUT2D eigenvalue weighted by atomic mass is 16.5. The maximum absolute atomic E-state index is 10.7. The van der Waals surface area contributed by atoms with E-state index in [0.717, 1.165) is 36.5 Å². The Kier molecular flexibility index (Phi) is 2.85. The second-order valence-corrected chi connectivity index (χ2v) is 3.47. The molecule has 15 heavy (non-hydrogen) atoms. The predicted octanol–water partition coefficient (Wildman–Crippen LogP) is 1.47. The summed E-state index contributed by atoms with van der Waals surface area (Å²) in [5, 5.41) is 0. The third kappa shape index (κ3) is 2.26. The van der Waals surface area contributed by atoms with Gasteiger partial charge in [0.05, 0.1) is 12.3 Å². The lowest BCUT2D eigenvalue weighted by molar-refractivity contribution is -0.142. The fourth-order valence-corrected chi connectivity index (χ4v) is 1.64. The standard InChI is InChI=1S/C11H13NO3/c1-8(13)15-7-10-9-3-2-6-14-11(9)4-5-12-10/h4-5H,2-3,6-7H2,1H3. The number of carbonyl (C=O) groups excluding carboxylic acids is 1. The van der Waals surface area contributed by atoms with E-state index in [-0.39, 0.29) is 12.6 Å². The van der Waals surface area contributed by atoms with Gasteiger partial charge in [0.1, 0.15) is 12.4 Å². The minimum atomic E-state index is -0.286. The van der Waals surface area contributed by atoms with E-state index >= 15 is 0 Å². The van der Waals surface area contributed by atoms with Crippen molar-refractivity contribution in [2.75, 3.05) is 6.61 Å². The predicted molar refractivity (Wildman–Crippen MR) is 53.5 cm³/mol. The van der Waals surface area contributed by atoms with Gasteiger partial charge in [-0.1, -0.05) is 0 Å². The zero-order chi connectivity index (χ0) is 10.7. The Morgan fingerprint density at radius 1 is 1.67 bits per heavy atom. The number of carbonyl (C=O) groups is 1. The lowest BCUT2D eigenvalue weighted by atomic mass is 10.1. The molecule has 4 nitrogen and oxygen atoms in total. The summed E-state index contributed by atoms with van der Waals surface area (Å²) in [5.74, 6) is 0.588. The van der Waals surface area contributed by atoms with E-state index < -0.39 is 0 Å². The van der Waals surface area contributed by atoms with Gasteiger partial charge in [0, 0.05) is 18.7 Å². The van der Waals surface area contributed by atoms with Crippen LogP contribution in [0.2, 0.25) is 0 Å². The minimum absolute atomic E-state index is 0.238. The van der Waals surface area contributed by atoms with Crippen molar-refractivity contribution in [3.05, 3.63) is 23.5 Å². The van der Waals surface area contributed by atoms with Crippen LogP contribution in [0.5, 0.6) is 5.75 Å². The largest absolute Gasteiger partial charge is 0.493 e. The van der Waals surface area contributed by atoms with Gasteiger partial charge in [0.15, 0.2) is 0 Å². The third-order valence-corrected chi connectivity index (χ3v) is 2.34. The van der Waals surface area contributed by atoms with E-state index in [1.165, 1.54) is 6.92 Å². The molecule has 0 atom stereocenters. The molecule has 0 unspecified atom stereocenters. The van der Waals surface area contributed by atoms with Crippen LogP contribution in [0.4, 0.5) is 0 Å². The molecule has 1 aliphatic heterocycles. The summed E-state index contributed by atoms with van der Waals surface area (Å²) < 4.78 is 10.4. The molecule has 0 saturated carbocycles. The lowest BCUT2D eigenvalue weighted by Crippen LogP contribution is -2.13. The Morgan fingerprint density at radius 2 is 2.53 bits per heavy atom. The number of aromatic nitrogens is 1. The maximum Gasteiger partial charge on any atom is 0.303 e. The smallest absolute Gasteiger partial charge is 0.303 e. The topological polar surface area (TPSA) is 48.4 Å². The van der Waals surface area contributed by atoms with Crippen LogP contribution in [-0.2, 0) is 22.6 Å². The van der Waals surface area contributed by atoms with Crippen LogP contribution in [0.25, 0.3) is 0 Å². The van der Waals surface area contributed by atoms with Gasteiger partial charge in [-0.15, -0.1) is 0 Å². The molecule has 0 aliphatic carbocycles. The molecule has 0 aromatic carbocycles. The van der Waals surface area contributed by atoms with Crippen LogP contribution in [-0.4, -0.2) is 17.6 Å². The SMILES string of the molecule is CC(=O)OCc1nccc2c1CCCO2. The zero-order valence-corrected chi connectivity index (χ0v) is 8.66. The number of esters is 1. The van der Waals surface area contributed by atoms with Crippen molar-refractivity contribution >= 4 is 5.97 Å². The molecular formula is C11H13NO3. The average molecular weight is 207 g/mol. The van der Waals surface area contributed by atoms with Crippen LogP contribution in [0.1, 0.15) is 24.6 Å². The first-order chi connectivity index (χ1) is 7.27. The Morgan fingerprint density at radius 3 is 3.33 bits per heavy atom. The summed E-state index contributed by atoms with van der Waals surface area (Å²) in [4.78, 5) is 14.9. The van der Waals surface area contributed by atoms with Gasteiger partial charge < -0.3 is 9.47 Å². The Hall–Kier alpha value is -1.58. The van der Waals surface area contributed by atoms with Gasteiger partial charge in [-0.2, -0.15) is 0 Å². The number of ether oxygens (including phenoxy) is 2. The second kappa shape index (κ2) is 4.29. The quantitative estimate of drug-likeness (QED) is 0.689. The molecule has 2 rings (SSSR count). The summed E-state index contributed by atoms with van der Waals surface area (Å²) in [7, 11) is 0. The number of fused-ring (bicyclic) bond motifs is 1. The van der Waals surface area contributed by atoms with Crippen molar-refractivity contribution in [1.82, 2.24) is 4.98 Å². The molecule has 1 aromatic rings. The van der Waals surface area contributed by atoms with Crippen LogP contribution in [0, 0.1) is 0 Å². The van der Waals surface area contributed by atoms with E-state index in [4.69, 9.17) is 9.47 Å². The number of hydrogen-bond acceptors (Lipinski definition) is 4. The van der Waals surface area contributed by atoms with Crippen molar-refractivity contribution in [3.63, 3.8) is 0 Å². The molecule has 4 heteroatoms. The highest BCUT2D eigenvalue weighted by Crippen LogP contribution is 2.26. The first kappa shape index (κ1) is 9.96. The lowest BCUT2D eigenvalue weighted by Gasteiger charge is -2.19. The Bertz CT molecular complexity index is 376. The molecule has 0 N–H and O–H groups in total. The van der Waals surface area contributed by atoms with E-state index in [1.807, 2.05) is 6.07 Å². The van der Waals surface area contributed by atoms with Gasteiger partial charge in [-0.05, 0) is 18.9 Å². The summed E-state index contributed by atoms with van der Waals surface area (Å²) in [5.41, 5.74) is 1.88. The second-order valence-electron chi connectivity index (χ2n) is 3.47. The molecule has 0 amide bonds. The number of nitrogens with zero attached hydrogens (tertiary/aromatic N) is 1. The van der Waals surface area contributed by atoms with Crippen molar-refractivity contribution < 1.29 is 14.3 Å². The van der Waals surface area contributed by atoms with Crippen LogP contribution in [0.15, 0.2) is 12.3 Å². The van der Waals surface area contributed by atoms with E-state index in [1.54, 1.807) is 6.20 Å². The van der Waals surface area contributed by atoms with Crippen LogP contribution >= 0.6 is 0 Å². The van der Waals surface area contributed by atoms with E-state index in [9.17, 15) is 4.79 Å². The normalized spacial score (nSPS) is 13.9. The summed E-state index contributed by atoms with van der Waals surface area (Å²) >= 11 is 0. The van der Waals surface area contributed by atoms with Gasteiger partial charge in [-0.3, -0.25) is 9.78 Å². The summed E-state index contributed by atoms with van der Waals surface area (Å²) in [6, 6.07) is 1.85. The van der Waals surface area contributed by atoms with Gasteiger partial charge in [0.2, 0.25) is 0 Å². The Labute approximate surface area is 88.2 Å². The molecule has 1 aromatic heterocycles. The van der Waals surface area contributed by atoms with Crippen molar-refractivity contribution in [3.8, 4) is 5.75 Å². The molecule has 2 heterocycles. The zero-order valence-electron chi connectivity index (χ0n) is 8.66. The molecule has 0 radical (unpaired) electrons. The fourth-order valence-electron chi connectivity index (χ4n) is 1.64. The highest BCUT2D eigenvalue weighted by Gasteiger charge is 2.15.